The number of nitrogens with zero attached hydrogens (tertiary/aromatic N) is 3. The molecule has 4 aromatic carbocycles. The van der Waals surface area contributed by atoms with Crippen LogP contribution in [0.4, 0.5) is 21.1 Å². The average molecular weight is 1800 g/mol. The number of esters is 4. The highest BCUT2D eigenvalue weighted by Gasteiger charge is 2.54. The first-order chi connectivity index (χ1) is 62.0. The largest absolute Gasteiger partial charge is 0.463 e. The molecule has 39 heteroatoms. The summed E-state index contributed by atoms with van der Waals surface area (Å²) in [5, 5.41) is 25.6. The zero-order valence-electron chi connectivity index (χ0n) is 74.2. The van der Waals surface area contributed by atoms with Crippen LogP contribution in [-0.2, 0) is 148 Å². The summed E-state index contributed by atoms with van der Waals surface area (Å²) in [6.45, 7) is 16.6. The third-order valence-electron chi connectivity index (χ3n) is 19.3. The van der Waals surface area contributed by atoms with Crippen molar-refractivity contribution >= 4 is 87.2 Å². The van der Waals surface area contributed by atoms with E-state index in [9.17, 15) is 48.3 Å². The number of alkyl carbamates (subject to hydrolysis) is 1. The van der Waals surface area contributed by atoms with Gasteiger partial charge < -0.3 is 130 Å². The number of anilines is 2. The van der Waals surface area contributed by atoms with E-state index in [4.69, 9.17) is 109 Å². The number of carbonyl (C=O) groups is 9. The Morgan fingerprint density at radius 2 is 1.02 bits per heavy atom. The lowest BCUT2D eigenvalue weighted by atomic mass is 9.98. The van der Waals surface area contributed by atoms with E-state index in [1.54, 1.807) is 40.2 Å². The summed E-state index contributed by atoms with van der Waals surface area (Å²) < 4.78 is 119. The number of para-hydroxylation sites is 1. The summed E-state index contributed by atoms with van der Waals surface area (Å²) in [5.74, 6) is -4.99. The quantitative estimate of drug-likeness (QED) is 0.0133. The van der Waals surface area contributed by atoms with Crippen molar-refractivity contribution in [2.45, 2.75) is 141 Å². The Labute approximate surface area is 743 Å². The van der Waals surface area contributed by atoms with Crippen LogP contribution in [0.3, 0.4) is 0 Å². The van der Waals surface area contributed by atoms with Gasteiger partial charge in [-0.25, -0.2) is 19.6 Å². The van der Waals surface area contributed by atoms with Gasteiger partial charge in [0.2, 0.25) is 30.1 Å². The molecule has 1 aliphatic heterocycles. The number of unbranched alkanes of at least 4 members (excludes halogenated alkanes) is 1. The number of pyridine rings is 1. The van der Waals surface area contributed by atoms with Gasteiger partial charge in [0.25, 0.3) is 0 Å². The molecule has 706 valence electrons. The van der Waals surface area contributed by atoms with Gasteiger partial charge in [-0.2, -0.15) is 0 Å². The minimum absolute atomic E-state index is 0.0491. The lowest BCUT2D eigenvalue weighted by Crippen LogP contribution is -2.63. The SMILES string of the molecule is COCCOCCOCCOCCOCCOCCOCCOCCOCCOCCOCCOCCC(=O)NCCCC[C@H](NC(=O)OCC1c2ccccc2-c2ccccc21)C(=O)NCCC(=O)Nc1cc(COC(=O)Nc2nc3ccccc3c3c2nc(CCOC)n3CC(C)(C)O)ccc1O[C@H]1O[C@H](COC(C)=O)[C@@H](OC(C)=O)[C@H](OC(C)=O)[C@@H]1OC(C)=O. The average Bonchev–Trinajstić information content (AvgIpc) is 1.58. The highest BCUT2D eigenvalue weighted by atomic mass is 16.7. The minimum Gasteiger partial charge on any atom is -0.463 e. The van der Waals surface area contributed by atoms with Gasteiger partial charge in [0.1, 0.15) is 49.1 Å². The van der Waals surface area contributed by atoms with Gasteiger partial charge in [0.15, 0.2) is 18.0 Å². The van der Waals surface area contributed by atoms with E-state index in [-0.39, 0.29) is 93.5 Å². The molecule has 1 aliphatic carbocycles. The molecule has 0 spiro atoms. The molecule has 128 heavy (non-hydrogen) atoms. The van der Waals surface area contributed by atoms with E-state index >= 15 is 0 Å². The third-order valence-corrected chi connectivity index (χ3v) is 19.3. The molecule has 0 saturated carbocycles. The first kappa shape index (κ1) is 103. The molecule has 6 aromatic rings. The second-order valence-electron chi connectivity index (χ2n) is 30.0. The number of rotatable bonds is 64. The molecule has 8 rings (SSSR count). The number of hydrogen-bond acceptors (Lipinski definition) is 33. The van der Waals surface area contributed by atoms with E-state index in [0.29, 0.717) is 186 Å². The number of imidazole rings is 1. The highest BCUT2D eigenvalue weighted by molar-refractivity contribution is 6.09. The molecule has 5 amide bonds. The number of aromatic nitrogens is 3. The molecule has 6 atom stereocenters. The molecule has 2 aromatic heterocycles. The zero-order chi connectivity index (χ0) is 91.7. The van der Waals surface area contributed by atoms with Crippen molar-refractivity contribution < 1.29 is 148 Å². The number of carbonyl (C=O) groups excluding carboxylic acids is 9. The second-order valence-corrected chi connectivity index (χ2v) is 30.0. The fraction of sp³-hybridized carbons (Fsp3) is 0.584. The van der Waals surface area contributed by atoms with Crippen LogP contribution in [0.15, 0.2) is 91.0 Å². The van der Waals surface area contributed by atoms with Crippen molar-refractivity contribution in [3.05, 3.63) is 114 Å². The van der Waals surface area contributed by atoms with Crippen molar-refractivity contribution in [3.8, 4) is 16.9 Å². The fourth-order valence-electron chi connectivity index (χ4n) is 13.6. The Hall–Kier alpha value is -10.2. The number of fused-ring (bicyclic) bond motifs is 6. The topological polar surface area (TPSA) is 459 Å². The predicted molar refractivity (Wildman–Crippen MR) is 460 cm³/mol. The summed E-state index contributed by atoms with van der Waals surface area (Å²) in [7, 11) is 3.18. The number of methoxy groups -OCH3 is 2. The molecule has 0 bridgehead atoms. The first-order valence-corrected chi connectivity index (χ1v) is 42.8. The minimum atomic E-state index is -1.77. The first-order valence-electron chi connectivity index (χ1n) is 42.8. The number of ether oxygens (including phenoxy) is 21. The normalized spacial score (nSPS) is 15.6. The van der Waals surface area contributed by atoms with E-state index in [1.807, 2.05) is 65.2 Å². The van der Waals surface area contributed by atoms with Gasteiger partial charge in [-0.1, -0.05) is 72.8 Å². The van der Waals surface area contributed by atoms with Gasteiger partial charge >= 0.3 is 36.1 Å². The number of hydrogen-bond donors (Lipinski definition) is 6. The number of nitrogens with one attached hydrogen (secondary N) is 5. The number of amides is 5. The van der Waals surface area contributed by atoms with Crippen LogP contribution in [0.25, 0.3) is 33.1 Å². The Bertz CT molecular complexity index is 4370. The molecular weight excluding hydrogens is 1680 g/mol. The maximum absolute atomic E-state index is 14.4. The highest BCUT2D eigenvalue weighted by Crippen LogP contribution is 2.45. The van der Waals surface area contributed by atoms with E-state index < -0.39 is 110 Å². The lowest BCUT2D eigenvalue weighted by molar-refractivity contribution is -0.288. The monoisotopic (exact) mass is 1800 g/mol. The smallest absolute Gasteiger partial charge is 0.413 e. The van der Waals surface area contributed by atoms with Crippen LogP contribution >= 0.6 is 0 Å². The van der Waals surface area contributed by atoms with Crippen molar-refractivity contribution in [3.63, 3.8) is 0 Å². The van der Waals surface area contributed by atoms with Crippen LogP contribution in [-0.4, -0.2) is 315 Å². The molecule has 3 heterocycles. The summed E-state index contributed by atoms with van der Waals surface area (Å²) in [5.41, 5.74) is 4.32. The van der Waals surface area contributed by atoms with Crippen molar-refractivity contribution in [1.82, 2.24) is 30.5 Å². The van der Waals surface area contributed by atoms with Crippen molar-refractivity contribution in [2.24, 2.45) is 0 Å². The summed E-state index contributed by atoms with van der Waals surface area (Å²) in [6.07, 6.45) is -9.10. The molecular formula is C89H124N8O31. The van der Waals surface area contributed by atoms with Crippen LogP contribution < -0.4 is 31.3 Å². The molecule has 1 saturated heterocycles. The van der Waals surface area contributed by atoms with Gasteiger partial charge in [-0.3, -0.25) is 38.9 Å². The molecule has 1 fully saturated rings. The van der Waals surface area contributed by atoms with Gasteiger partial charge in [-0.05, 0) is 79.1 Å². The van der Waals surface area contributed by atoms with Crippen LogP contribution in [0, 0.1) is 0 Å². The maximum atomic E-state index is 14.4. The molecule has 2 aliphatic rings. The van der Waals surface area contributed by atoms with Crippen molar-refractivity contribution in [1.29, 1.82) is 0 Å². The standard InChI is InChI=1S/C89H124N8O31/c1-60(98)121-58-75-81(124-61(2)99)82(125-62(3)100)83(126-63(4)101)86(128-75)127-74-25-24-64(56-122-88(106)96-84-79-80(69-21-13-14-22-71(69)93-84)97(59-89(5,6)107)76(95-79)27-31-108-7)55-73(74)92-78(103)26-30-91-85(104)72(94-87(105)123-57-70-67-19-11-9-17-65(67)66-18-10-12-20-68(66)70)23-15-16-29-90-77(102)28-32-110-35-36-112-39-40-114-43-44-116-47-48-118-51-52-120-54-53-119-50-49-117-46-45-115-42-41-113-38-37-111-34-33-109-8/h9-14,17-22,24-25,55,70,72,75,81-83,86,107H,15-16,23,26-54,56-59H2,1-8H3,(H,90,102)(H,91,104)(H,92,103)(H,94,105)(H,93,96,106)/t72-,75+,81+,82-,83-,86-/m0/s1. The van der Waals surface area contributed by atoms with Gasteiger partial charge in [-0.15, -0.1) is 0 Å². The van der Waals surface area contributed by atoms with E-state index in [2.05, 4.69) is 26.6 Å². The van der Waals surface area contributed by atoms with E-state index in [0.717, 1.165) is 49.9 Å². The Balaban J connectivity index is 0.803. The molecule has 0 radical (unpaired) electrons. The summed E-state index contributed by atoms with van der Waals surface area (Å²) >= 11 is 0. The maximum Gasteiger partial charge on any atom is 0.413 e. The molecule has 39 nitrogen and oxygen atoms in total. The summed E-state index contributed by atoms with van der Waals surface area (Å²) in [4.78, 5) is 129. The third kappa shape index (κ3) is 37.1. The molecule has 0 unspecified atom stereocenters. The van der Waals surface area contributed by atoms with Crippen LogP contribution in [0.1, 0.15) is 102 Å². The van der Waals surface area contributed by atoms with Crippen molar-refractivity contribution in [2.75, 3.05) is 210 Å². The lowest BCUT2D eigenvalue weighted by Gasteiger charge is -2.44. The number of aliphatic hydroxyl groups is 1. The second kappa shape index (κ2) is 57.7. The Kier molecular flexibility index (Phi) is 46.5. The predicted octanol–water partition coefficient (Wildman–Crippen LogP) is 6.61. The van der Waals surface area contributed by atoms with Crippen LogP contribution in [0.2, 0.25) is 0 Å². The Morgan fingerprint density at radius 1 is 0.500 bits per heavy atom. The van der Waals surface area contributed by atoms with Gasteiger partial charge in [0, 0.05) is 85.6 Å². The van der Waals surface area contributed by atoms with Crippen LogP contribution in [0.5, 0.6) is 5.75 Å². The van der Waals surface area contributed by atoms with E-state index in [1.165, 1.54) is 18.2 Å². The Morgan fingerprint density at radius 3 is 1.55 bits per heavy atom. The fourth-order valence-corrected chi connectivity index (χ4v) is 13.6. The summed E-state index contributed by atoms with van der Waals surface area (Å²) in [6, 6.07) is 25.9. The zero-order valence-corrected chi connectivity index (χ0v) is 74.2. The van der Waals surface area contributed by atoms with Gasteiger partial charge in [0.05, 0.1) is 187 Å². The molecule has 6 N–H and O–H groups in total. The number of benzene rings is 4.